The molecule has 0 bridgehead atoms. The van der Waals surface area contributed by atoms with Crippen molar-refractivity contribution in [1.82, 2.24) is 0 Å². The Hall–Kier alpha value is -1.51. The molecule has 0 aromatic rings. The smallest absolute Gasteiger partial charge is 0.265 e. The SMILES string of the molecule is O=[N+]([O-])CCC(F)(F)C(F)(F)C(F)(F)C(F)(F)C(F)(F)C(F)(F)F. The van der Waals surface area contributed by atoms with E-state index in [2.05, 4.69) is 0 Å². The molecule has 0 aromatic carbocycles. The van der Waals surface area contributed by atoms with Gasteiger partial charge >= 0.3 is 35.8 Å². The molecule has 0 aliphatic heterocycles. The first kappa shape index (κ1) is 22.5. The van der Waals surface area contributed by atoms with Gasteiger partial charge in [0.15, 0.2) is 0 Å². The highest BCUT2D eigenvalue weighted by Gasteiger charge is 2.90. The van der Waals surface area contributed by atoms with E-state index in [0.717, 1.165) is 0 Å². The van der Waals surface area contributed by atoms with Crippen LogP contribution in [-0.2, 0) is 0 Å². The molecule has 0 aliphatic carbocycles. The first-order chi connectivity index (χ1) is 10.2. The van der Waals surface area contributed by atoms with Crippen LogP contribution < -0.4 is 0 Å². The molecule has 0 unspecified atom stereocenters. The van der Waals surface area contributed by atoms with Gasteiger partial charge < -0.3 is 0 Å². The van der Waals surface area contributed by atoms with Gasteiger partial charge in [0.25, 0.3) is 0 Å². The molecule has 0 amide bonds. The number of halogens is 13. The molecule has 3 nitrogen and oxygen atoms in total. The molecule has 24 heavy (non-hydrogen) atoms. The molecule has 0 aliphatic rings. The van der Waals surface area contributed by atoms with Gasteiger partial charge in [0.05, 0.1) is 6.42 Å². The first-order valence-corrected chi connectivity index (χ1v) is 5.24. The van der Waals surface area contributed by atoms with Crippen LogP contribution in [0.5, 0.6) is 0 Å². The Morgan fingerprint density at radius 2 is 0.958 bits per heavy atom. The predicted octanol–water partition coefficient (Wildman–Crippen LogP) is 4.39. The Morgan fingerprint density at radius 1 is 0.625 bits per heavy atom. The van der Waals surface area contributed by atoms with E-state index in [1.54, 1.807) is 0 Å². The lowest BCUT2D eigenvalue weighted by molar-refractivity contribution is -0.491. The summed E-state index contributed by atoms with van der Waals surface area (Å²) in [4.78, 5) is 7.97. The molecule has 0 spiro atoms. The summed E-state index contributed by atoms with van der Waals surface area (Å²) in [5.41, 5.74) is 0. The lowest BCUT2D eigenvalue weighted by Crippen LogP contribution is -2.70. The summed E-state index contributed by atoms with van der Waals surface area (Å²) < 4.78 is 163. The van der Waals surface area contributed by atoms with Gasteiger partial charge in [-0.2, -0.15) is 57.1 Å². The van der Waals surface area contributed by atoms with Crippen LogP contribution in [-0.4, -0.2) is 47.3 Å². The number of hydrogen-bond acceptors (Lipinski definition) is 2. The number of nitrogens with zero attached hydrogens (tertiary/aromatic N) is 1. The van der Waals surface area contributed by atoms with Gasteiger partial charge in [-0.25, -0.2) is 0 Å². The highest BCUT2D eigenvalue weighted by atomic mass is 19.4. The zero-order chi connectivity index (χ0) is 20.0. The van der Waals surface area contributed by atoms with E-state index < -0.39 is 53.7 Å². The van der Waals surface area contributed by atoms with Crippen LogP contribution in [0.15, 0.2) is 0 Å². The maximum absolute atomic E-state index is 12.9. The topological polar surface area (TPSA) is 43.1 Å². The van der Waals surface area contributed by atoms with Crippen LogP contribution >= 0.6 is 0 Å². The van der Waals surface area contributed by atoms with Gasteiger partial charge in [0.2, 0.25) is 6.54 Å². The summed E-state index contributed by atoms with van der Waals surface area (Å²) in [6, 6.07) is 0. The third-order valence-corrected chi connectivity index (χ3v) is 2.61. The summed E-state index contributed by atoms with van der Waals surface area (Å²) >= 11 is 0. The number of rotatable bonds is 7. The lowest BCUT2D eigenvalue weighted by Gasteiger charge is -2.39. The zero-order valence-corrected chi connectivity index (χ0v) is 10.6. The minimum Gasteiger partial charge on any atom is -0.265 e. The highest BCUT2D eigenvalue weighted by molar-refractivity contribution is 5.10. The van der Waals surface area contributed by atoms with E-state index in [1.165, 1.54) is 0 Å². The summed E-state index contributed by atoms with van der Waals surface area (Å²) in [6.45, 7) is -2.18. The predicted molar refractivity (Wildman–Crippen MR) is 47.3 cm³/mol. The Morgan fingerprint density at radius 3 is 1.25 bits per heavy atom. The summed E-state index contributed by atoms with van der Waals surface area (Å²) in [7, 11) is 0. The van der Waals surface area contributed by atoms with Crippen LogP contribution in [0.1, 0.15) is 6.42 Å². The minimum atomic E-state index is -7.99. The fourth-order valence-corrected chi connectivity index (χ4v) is 1.19. The van der Waals surface area contributed by atoms with Crippen LogP contribution in [0.25, 0.3) is 0 Å². The average Bonchev–Trinajstić information content (AvgIpc) is 2.34. The summed E-state index contributed by atoms with van der Waals surface area (Å²) in [5.74, 6) is -37.5. The van der Waals surface area contributed by atoms with Crippen LogP contribution in [0.4, 0.5) is 57.1 Å². The van der Waals surface area contributed by atoms with Gasteiger partial charge in [0.1, 0.15) is 0 Å². The van der Waals surface area contributed by atoms with Gasteiger partial charge in [-0.05, 0) is 0 Å². The largest absolute Gasteiger partial charge is 0.460 e. The highest BCUT2D eigenvalue weighted by Crippen LogP contribution is 2.60. The van der Waals surface area contributed by atoms with E-state index in [9.17, 15) is 67.2 Å². The minimum absolute atomic E-state index is 1.76. The fourth-order valence-electron chi connectivity index (χ4n) is 1.19. The molecule has 0 aromatic heterocycles. The summed E-state index contributed by atoms with van der Waals surface area (Å²) in [6.07, 6.45) is -10.3. The first-order valence-electron chi connectivity index (χ1n) is 5.24. The van der Waals surface area contributed by atoms with Crippen molar-refractivity contribution in [3.63, 3.8) is 0 Å². The van der Waals surface area contributed by atoms with Gasteiger partial charge in [0, 0.05) is 4.92 Å². The quantitative estimate of drug-likeness (QED) is 0.366. The van der Waals surface area contributed by atoms with Crippen molar-refractivity contribution < 1.29 is 62.0 Å². The van der Waals surface area contributed by atoms with E-state index in [1.807, 2.05) is 0 Å². The van der Waals surface area contributed by atoms with Gasteiger partial charge in [-0.3, -0.25) is 10.1 Å². The molecule has 0 saturated carbocycles. The van der Waals surface area contributed by atoms with Crippen LogP contribution in [0.2, 0.25) is 0 Å². The second kappa shape index (κ2) is 5.79. The van der Waals surface area contributed by atoms with Crippen LogP contribution in [0, 0.1) is 10.1 Å². The van der Waals surface area contributed by atoms with Crippen molar-refractivity contribution in [3.05, 3.63) is 10.1 Å². The van der Waals surface area contributed by atoms with Crippen molar-refractivity contribution in [1.29, 1.82) is 0 Å². The van der Waals surface area contributed by atoms with Crippen molar-refractivity contribution >= 4 is 0 Å². The molecule has 0 atom stereocenters. The maximum atomic E-state index is 12.9. The molecular formula is C8H4F13NO2. The second-order valence-corrected chi connectivity index (χ2v) is 4.31. The van der Waals surface area contributed by atoms with Gasteiger partial charge in [-0.1, -0.05) is 0 Å². The third kappa shape index (κ3) is 3.18. The molecule has 0 rings (SSSR count). The Balaban J connectivity index is 6.05. The lowest BCUT2D eigenvalue weighted by atomic mass is 9.92. The van der Waals surface area contributed by atoms with Gasteiger partial charge in [-0.15, -0.1) is 0 Å². The zero-order valence-electron chi connectivity index (χ0n) is 10.6. The van der Waals surface area contributed by atoms with Crippen LogP contribution in [0.3, 0.4) is 0 Å². The molecule has 144 valence electrons. The molecule has 0 saturated heterocycles. The molecule has 0 fully saturated rings. The fraction of sp³-hybridized carbons (Fsp3) is 1.00. The number of alkyl halides is 13. The number of hydrogen-bond donors (Lipinski definition) is 0. The second-order valence-electron chi connectivity index (χ2n) is 4.31. The molecule has 16 heteroatoms. The van der Waals surface area contributed by atoms with E-state index in [4.69, 9.17) is 0 Å². The van der Waals surface area contributed by atoms with Crippen molar-refractivity contribution in [2.75, 3.05) is 6.54 Å². The molecule has 0 N–H and O–H groups in total. The van der Waals surface area contributed by atoms with Crippen molar-refractivity contribution in [2.45, 2.75) is 42.2 Å². The Labute approximate surface area is 122 Å². The third-order valence-electron chi connectivity index (χ3n) is 2.61. The van der Waals surface area contributed by atoms with E-state index in [-0.39, 0.29) is 0 Å². The standard InChI is InChI=1S/C8H4F13NO2/c9-3(10,1-2-22(23)24)4(11,12)5(13,14)6(15,16)7(17,18)8(19,20)21/h1-2H2. The van der Waals surface area contributed by atoms with Crippen molar-refractivity contribution in [2.24, 2.45) is 0 Å². The molecular weight excluding hydrogens is 389 g/mol. The number of nitro groups is 1. The average molecular weight is 393 g/mol. The monoisotopic (exact) mass is 393 g/mol. The molecule has 0 radical (unpaired) electrons. The normalized spacial score (nSPS) is 15.5. The van der Waals surface area contributed by atoms with E-state index in [0.29, 0.717) is 0 Å². The molecule has 0 heterocycles. The van der Waals surface area contributed by atoms with Crippen molar-refractivity contribution in [3.8, 4) is 0 Å². The van der Waals surface area contributed by atoms with E-state index >= 15 is 0 Å². The Kier molecular flexibility index (Phi) is 5.42. The Bertz CT molecular complexity index is 483. The maximum Gasteiger partial charge on any atom is 0.460 e. The summed E-state index contributed by atoms with van der Waals surface area (Å²) in [5, 5.41) is 9.73.